The maximum absolute atomic E-state index is 10.9. The molecule has 0 aliphatic rings. The number of carbonyl (C=O) groups excluding carboxylic acids is 1. The van der Waals surface area contributed by atoms with Gasteiger partial charge in [0, 0.05) is 6.07 Å². The molecule has 104 valence electrons. The number of nitrogens with zero attached hydrogens (tertiary/aromatic N) is 3. The molecule has 0 radical (unpaired) electrons. The van der Waals surface area contributed by atoms with Crippen LogP contribution in [-0.2, 0) is 0 Å². The van der Waals surface area contributed by atoms with Gasteiger partial charge in [-0.1, -0.05) is 23.2 Å². The lowest BCUT2D eigenvalue weighted by Gasteiger charge is -2.06. The van der Waals surface area contributed by atoms with E-state index >= 15 is 0 Å². The standard InChI is InChI=1S/C9H4Cl2N4O4S/c10-3-1-2-4(15(17)18)6(11)5(3)7-8(14-20-13-7)19-9(12)16/h1-2H,(H2,12,16). The van der Waals surface area contributed by atoms with Gasteiger partial charge in [-0.3, -0.25) is 10.1 Å². The first-order valence-electron chi connectivity index (χ1n) is 4.84. The average Bonchev–Trinajstić information content (AvgIpc) is 2.76. The number of nitro groups is 1. The van der Waals surface area contributed by atoms with Crippen LogP contribution in [0, 0.1) is 10.1 Å². The molecule has 2 aromatic rings. The van der Waals surface area contributed by atoms with Gasteiger partial charge in [0.1, 0.15) is 5.02 Å². The second-order valence-electron chi connectivity index (χ2n) is 3.35. The van der Waals surface area contributed by atoms with Gasteiger partial charge in [-0.25, -0.2) is 4.79 Å². The summed E-state index contributed by atoms with van der Waals surface area (Å²) in [7, 11) is 0. The van der Waals surface area contributed by atoms with E-state index in [1.165, 1.54) is 6.07 Å². The van der Waals surface area contributed by atoms with Crippen molar-refractivity contribution in [1.82, 2.24) is 8.75 Å². The molecule has 8 nitrogen and oxygen atoms in total. The number of aromatic nitrogens is 2. The van der Waals surface area contributed by atoms with E-state index in [0.717, 1.165) is 6.07 Å². The summed E-state index contributed by atoms with van der Waals surface area (Å²) in [5, 5.41) is 10.7. The molecule has 0 bridgehead atoms. The number of nitrogens with two attached hydrogens (primary N) is 1. The van der Waals surface area contributed by atoms with Gasteiger partial charge in [-0.05, 0) is 6.07 Å². The number of rotatable bonds is 3. The third-order valence-corrected chi connectivity index (χ3v) is 3.37. The quantitative estimate of drug-likeness (QED) is 0.680. The number of primary amides is 1. The SMILES string of the molecule is NC(=O)Oc1nsnc1-c1c(Cl)ccc([N+](=O)[O-])c1Cl. The van der Waals surface area contributed by atoms with Gasteiger partial charge >= 0.3 is 6.09 Å². The molecule has 1 aromatic carbocycles. The molecule has 1 amide bonds. The molecule has 0 spiro atoms. The number of nitro benzene ring substituents is 1. The van der Waals surface area contributed by atoms with E-state index in [1.54, 1.807) is 0 Å². The Hall–Kier alpha value is -1.97. The van der Waals surface area contributed by atoms with Gasteiger partial charge in [0.2, 0.25) is 0 Å². The molecular weight excluding hydrogens is 331 g/mol. The maximum Gasteiger partial charge on any atom is 0.411 e. The summed E-state index contributed by atoms with van der Waals surface area (Å²) in [6, 6.07) is 2.44. The van der Waals surface area contributed by atoms with E-state index in [4.69, 9.17) is 28.9 Å². The molecule has 1 aromatic heterocycles. The molecule has 2 N–H and O–H groups in total. The van der Waals surface area contributed by atoms with Crippen LogP contribution in [0.4, 0.5) is 10.5 Å². The third-order valence-electron chi connectivity index (χ3n) is 2.16. The summed E-state index contributed by atoms with van der Waals surface area (Å²) in [6.45, 7) is 0. The van der Waals surface area contributed by atoms with Crippen molar-refractivity contribution >= 4 is 46.7 Å². The Morgan fingerprint density at radius 1 is 1.40 bits per heavy atom. The number of hydrogen-bond acceptors (Lipinski definition) is 7. The van der Waals surface area contributed by atoms with Crippen molar-refractivity contribution in [2.24, 2.45) is 5.73 Å². The Balaban J connectivity index is 2.64. The Bertz CT molecular complexity index is 705. The Morgan fingerprint density at radius 3 is 2.70 bits per heavy atom. The van der Waals surface area contributed by atoms with Crippen molar-refractivity contribution in [1.29, 1.82) is 0 Å². The summed E-state index contributed by atoms with van der Waals surface area (Å²) in [5.41, 5.74) is 4.58. The highest BCUT2D eigenvalue weighted by Crippen LogP contribution is 2.42. The highest BCUT2D eigenvalue weighted by atomic mass is 35.5. The largest absolute Gasteiger partial charge is 0.411 e. The van der Waals surface area contributed by atoms with Gasteiger partial charge < -0.3 is 10.5 Å². The molecule has 1 heterocycles. The third kappa shape index (κ3) is 2.64. The number of ether oxygens (including phenoxy) is 1. The second kappa shape index (κ2) is 5.57. The van der Waals surface area contributed by atoms with E-state index in [0.29, 0.717) is 11.7 Å². The fourth-order valence-electron chi connectivity index (χ4n) is 1.40. The average molecular weight is 335 g/mol. The minimum atomic E-state index is -1.10. The molecule has 11 heteroatoms. The van der Waals surface area contributed by atoms with E-state index < -0.39 is 11.0 Å². The van der Waals surface area contributed by atoms with Crippen molar-refractivity contribution in [3.8, 4) is 17.1 Å². The number of benzene rings is 1. The normalized spacial score (nSPS) is 10.3. The van der Waals surface area contributed by atoms with Crippen molar-refractivity contribution < 1.29 is 14.5 Å². The Kier molecular flexibility index (Phi) is 4.02. The molecule has 0 atom stereocenters. The number of hydrogen-bond donors (Lipinski definition) is 1. The first-order chi connectivity index (χ1) is 9.41. The van der Waals surface area contributed by atoms with Gasteiger partial charge in [-0.2, -0.15) is 4.37 Å². The van der Waals surface area contributed by atoms with E-state index in [2.05, 4.69) is 13.5 Å². The summed E-state index contributed by atoms with van der Waals surface area (Å²) in [6.07, 6.45) is -1.10. The van der Waals surface area contributed by atoms with Crippen LogP contribution in [0.5, 0.6) is 5.88 Å². The lowest BCUT2D eigenvalue weighted by Crippen LogP contribution is -2.16. The lowest BCUT2D eigenvalue weighted by atomic mass is 10.1. The van der Waals surface area contributed by atoms with E-state index in [1.807, 2.05) is 0 Å². The monoisotopic (exact) mass is 334 g/mol. The molecule has 0 saturated carbocycles. The van der Waals surface area contributed by atoms with Crippen LogP contribution in [0.2, 0.25) is 10.0 Å². The molecule has 0 saturated heterocycles. The van der Waals surface area contributed by atoms with Crippen LogP contribution < -0.4 is 10.5 Å². The Labute approximate surface area is 125 Å². The zero-order valence-corrected chi connectivity index (χ0v) is 11.7. The fourth-order valence-corrected chi connectivity index (χ4v) is 2.50. The highest BCUT2D eigenvalue weighted by molar-refractivity contribution is 6.99. The van der Waals surface area contributed by atoms with Gasteiger partial charge in [0.05, 0.1) is 27.2 Å². The second-order valence-corrected chi connectivity index (χ2v) is 4.67. The minimum absolute atomic E-state index is 0.00694. The zero-order chi connectivity index (χ0) is 14.9. The smallest absolute Gasteiger partial charge is 0.388 e. The topological polar surface area (TPSA) is 121 Å². The Morgan fingerprint density at radius 2 is 2.10 bits per heavy atom. The lowest BCUT2D eigenvalue weighted by molar-refractivity contribution is -0.384. The molecular formula is C9H4Cl2N4O4S. The van der Waals surface area contributed by atoms with E-state index in [-0.39, 0.29) is 32.9 Å². The predicted molar refractivity (Wildman–Crippen MR) is 72.2 cm³/mol. The maximum atomic E-state index is 10.9. The van der Waals surface area contributed by atoms with Crippen molar-refractivity contribution in [3.05, 3.63) is 32.3 Å². The highest BCUT2D eigenvalue weighted by Gasteiger charge is 2.25. The number of carbonyl (C=O) groups is 1. The van der Waals surface area contributed by atoms with Crippen LogP contribution >= 0.6 is 34.9 Å². The molecule has 20 heavy (non-hydrogen) atoms. The van der Waals surface area contributed by atoms with Crippen molar-refractivity contribution in [2.45, 2.75) is 0 Å². The predicted octanol–water partition coefficient (Wildman–Crippen LogP) is 2.88. The molecule has 0 aliphatic heterocycles. The minimum Gasteiger partial charge on any atom is -0.388 e. The van der Waals surface area contributed by atoms with Crippen LogP contribution in [0.1, 0.15) is 0 Å². The van der Waals surface area contributed by atoms with Gasteiger partial charge in [-0.15, -0.1) is 4.37 Å². The molecule has 2 rings (SSSR count). The van der Waals surface area contributed by atoms with Crippen LogP contribution in [0.15, 0.2) is 12.1 Å². The summed E-state index contributed by atoms with van der Waals surface area (Å²) < 4.78 is 12.2. The zero-order valence-electron chi connectivity index (χ0n) is 9.37. The van der Waals surface area contributed by atoms with Gasteiger partial charge in [0.15, 0.2) is 5.69 Å². The van der Waals surface area contributed by atoms with Crippen molar-refractivity contribution in [3.63, 3.8) is 0 Å². The summed E-state index contributed by atoms with van der Waals surface area (Å²) in [5.74, 6) is -0.216. The molecule has 0 unspecified atom stereocenters. The number of halogens is 2. The number of amides is 1. The molecule has 0 fully saturated rings. The van der Waals surface area contributed by atoms with E-state index in [9.17, 15) is 14.9 Å². The first-order valence-corrected chi connectivity index (χ1v) is 6.33. The molecule has 0 aliphatic carbocycles. The first kappa shape index (κ1) is 14.4. The van der Waals surface area contributed by atoms with Crippen LogP contribution in [-0.4, -0.2) is 19.8 Å². The van der Waals surface area contributed by atoms with Crippen LogP contribution in [0.25, 0.3) is 11.3 Å². The summed E-state index contributed by atoms with van der Waals surface area (Å²) in [4.78, 5) is 20.9. The van der Waals surface area contributed by atoms with Gasteiger partial charge in [0.25, 0.3) is 11.6 Å². The summed E-state index contributed by atoms with van der Waals surface area (Å²) >= 11 is 12.6. The fraction of sp³-hybridized carbons (Fsp3) is 0. The van der Waals surface area contributed by atoms with Crippen LogP contribution in [0.3, 0.4) is 0 Å². The van der Waals surface area contributed by atoms with Crippen molar-refractivity contribution in [2.75, 3.05) is 0 Å².